The van der Waals surface area contributed by atoms with Gasteiger partial charge >= 0.3 is 12.0 Å². The third-order valence-corrected chi connectivity index (χ3v) is 4.79. The van der Waals surface area contributed by atoms with Gasteiger partial charge in [0.1, 0.15) is 12.6 Å². The topological polar surface area (TPSA) is 87.7 Å². The van der Waals surface area contributed by atoms with Gasteiger partial charge in [0, 0.05) is 12.6 Å². The molecule has 2 fully saturated rings. The molecule has 1 saturated heterocycles. The number of ether oxygens (including phenoxy) is 1. The Morgan fingerprint density at radius 3 is 2.40 bits per heavy atom. The van der Waals surface area contributed by atoms with Crippen LogP contribution in [0.4, 0.5) is 4.79 Å². The van der Waals surface area contributed by atoms with Crippen LogP contribution in [-0.4, -0.2) is 54.6 Å². The van der Waals surface area contributed by atoms with Gasteiger partial charge in [-0.05, 0) is 43.9 Å². The molecule has 3 amide bonds. The zero-order chi connectivity index (χ0) is 18.6. The molecule has 1 heterocycles. The Bertz CT molecular complexity index is 511. The molecule has 7 heteroatoms. The van der Waals surface area contributed by atoms with Crippen molar-refractivity contribution in [1.82, 2.24) is 15.5 Å². The summed E-state index contributed by atoms with van der Waals surface area (Å²) < 4.78 is 5.07. The molecule has 0 aromatic heterocycles. The molecule has 0 aromatic rings. The number of carbonyl (C=O) groups excluding carboxylic acids is 3. The fourth-order valence-electron chi connectivity index (χ4n) is 2.96. The predicted molar refractivity (Wildman–Crippen MR) is 93.9 cm³/mol. The highest BCUT2D eigenvalue weighted by Gasteiger charge is 2.38. The van der Waals surface area contributed by atoms with E-state index in [1.165, 1.54) is 0 Å². The van der Waals surface area contributed by atoms with Crippen molar-refractivity contribution in [3.63, 3.8) is 0 Å². The lowest BCUT2D eigenvalue weighted by molar-refractivity contribution is -0.142. The van der Waals surface area contributed by atoms with Gasteiger partial charge < -0.3 is 20.3 Å². The summed E-state index contributed by atoms with van der Waals surface area (Å²) in [6.07, 6.45) is 4.18. The molecular weight excluding hydrogens is 322 g/mol. The van der Waals surface area contributed by atoms with Gasteiger partial charge in [-0.2, -0.15) is 0 Å². The summed E-state index contributed by atoms with van der Waals surface area (Å²) in [6.45, 7) is 8.74. The standard InChI is InChI=1S/C18H31N3O4/c1-12-6-5-9-21(12)16(23)15(18(2,3)4)20-17(24)19-10-14(22)25-11-13-7-8-13/h12-13,15H,5-11H2,1-4H3,(H2,19,20,24). The van der Waals surface area contributed by atoms with Crippen molar-refractivity contribution in [2.24, 2.45) is 11.3 Å². The molecule has 0 spiro atoms. The van der Waals surface area contributed by atoms with Crippen LogP contribution < -0.4 is 10.6 Å². The van der Waals surface area contributed by atoms with E-state index in [1.54, 1.807) is 0 Å². The first-order valence-corrected chi connectivity index (χ1v) is 9.19. The van der Waals surface area contributed by atoms with Crippen LogP contribution in [0.5, 0.6) is 0 Å². The first-order chi connectivity index (χ1) is 11.7. The Balaban J connectivity index is 1.84. The number of nitrogens with zero attached hydrogens (tertiary/aromatic N) is 1. The third-order valence-electron chi connectivity index (χ3n) is 4.79. The number of esters is 1. The predicted octanol–water partition coefficient (Wildman–Crippen LogP) is 1.66. The molecule has 0 aromatic carbocycles. The van der Waals surface area contributed by atoms with Gasteiger partial charge in [0.25, 0.3) is 0 Å². The number of urea groups is 1. The van der Waals surface area contributed by atoms with Crippen molar-refractivity contribution in [2.75, 3.05) is 19.7 Å². The Morgan fingerprint density at radius 2 is 1.88 bits per heavy atom. The molecule has 1 aliphatic heterocycles. The number of hydrogen-bond donors (Lipinski definition) is 2. The van der Waals surface area contributed by atoms with Crippen LogP contribution in [0.2, 0.25) is 0 Å². The van der Waals surface area contributed by atoms with Crippen LogP contribution in [0.1, 0.15) is 53.4 Å². The molecule has 7 nitrogen and oxygen atoms in total. The summed E-state index contributed by atoms with van der Waals surface area (Å²) in [5.41, 5.74) is -0.427. The molecule has 2 rings (SSSR count). The molecule has 1 aliphatic carbocycles. The number of amides is 3. The smallest absolute Gasteiger partial charge is 0.325 e. The molecule has 0 radical (unpaired) electrons. The van der Waals surface area contributed by atoms with Gasteiger partial charge in [0.05, 0.1) is 6.61 Å². The molecule has 0 bridgehead atoms. The van der Waals surface area contributed by atoms with E-state index in [0.717, 1.165) is 32.2 Å². The van der Waals surface area contributed by atoms with E-state index in [1.807, 2.05) is 32.6 Å². The summed E-state index contributed by atoms with van der Waals surface area (Å²) in [6, 6.07) is -0.973. The highest BCUT2D eigenvalue weighted by atomic mass is 16.5. The Labute approximate surface area is 149 Å². The summed E-state index contributed by atoms with van der Waals surface area (Å²) in [7, 11) is 0. The van der Waals surface area contributed by atoms with E-state index in [9.17, 15) is 14.4 Å². The molecule has 25 heavy (non-hydrogen) atoms. The third kappa shape index (κ3) is 5.90. The molecular formula is C18H31N3O4. The second-order valence-corrected chi connectivity index (χ2v) is 8.28. The number of hydrogen-bond acceptors (Lipinski definition) is 4. The lowest BCUT2D eigenvalue weighted by Crippen LogP contribution is -2.57. The summed E-state index contributed by atoms with van der Waals surface area (Å²) in [4.78, 5) is 38.4. The SMILES string of the molecule is CC1CCCN1C(=O)C(NC(=O)NCC(=O)OCC1CC1)C(C)(C)C. The highest BCUT2D eigenvalue weighted by molar-refractivity contribution is 5.89. The van der Waals surface area contributed by atoms with Gasteiger partial charge in [0.2, 0.25) is 5.91 Å². The zero-order valence-electron chi connectivity index (χ0n) is 15.8. The van der Waals surface area contributed by atoms with Gasteiger partial charge in [-0.25, -0.2) is 4.79 Å². The van der Waals surface area contributed by atoms with Gasteiger partial charge in [-0.1, -0.05) is 20.8 Å². The van der Waals surface area contributed by atoms with E-state index < -0.39 is 23.5 Å². The maximum Gasteiger partial charge on any atom is 0.325 e. The van der Waals surface area contributed by atoms with Crippen LogP contribution in [0.25, 0.3) is 0 Å². The number of rotatable bonds is 6. The monoisotopic (exact) mass is 353 g/mol. The van der Waals surface area contributed by atoms with E-state index in [0.29, 0.717) is 12.5 Å². The fraction of sp³-hybridized carbons (Fsp3) is 0.833. The van der Waals surface area contributed by atoms with Crippen molar-refractivity contribution >= 4 is 17.9 Å². The van der Waals surface area contributed by atoms with Crippen LogP contribution in [0.15, 0.2) is 0 Å². The average Bonchev–Trinajstić information content (AvgIpc) is 3.26. The van der Waals surface area contributed by atoms with Crippen molar-refractivity contribution in [1.29, 1.82) is 0 Å². The molecule has 2 unspecified atom stereocenters. The van der Waals surface area contributed by atoms with Crippen molar-refractivity contribution in [3.8, 4) is 0 Å². The van der Waals surface area contributed by atoms with Crippen molar-refractivity contribution in [3.05, 3.63) is 0 Å². The Hall–Kier alpha value is -1.79. The lowest BCUT2D eigenvalue weighted by Gasteiger charge is -2.35. The summed E-state index contributed by atoms with van der Waals surface area (Å²) in [5, 5.41) is 5.23. The van der Waals surface area contributed by atoms with E-state index in [-0.39, 0.29) is 18.5 Å². The Morgan fingerprint density at radius 1 is 1.20 bits per heavy atom. The minimum Gasteiger partial charge on any atom is -0.464 e. The lowest BCUT2D eigenvalue weighted by atomic mass is 9.85. The van der Waals surface area contributed by atoms with Crippen LogP contribution in [-0.2, 0) is 14.3 Å². The largest absolute Gasteiger partial charge is 0.464 e. The van der Waals surface area contributed by atoms with Crippen LogP contribution in [0, 0.1) is 11.3 Å². The van der Waals surface area contributed by atoms with Gasteiger partial charge in [-0.3, -0.25) is 9.59 Å². The maximum atomic E-state index is 12.9. The van der Waals surface area contributed by atoms with Crippen LogP contribution >= 0.6 is 0 Å². The van der Waals surface area contributed by atoms with Crippen LogP contribution in [0.3, 0.4) is 0 Å². The second kappa shape index (κ2) is 8.06. The second-order valence-electron chi connectivity index (χ2n) is 8.28. The molecule has 1 saturated carbocycles. The average molecular weight is 353 g/mol. The van der Waals surface area contributed by atoms with E-state index >= 15 is 0 Å². The zero-order valence-corrected chi connectivity index (χ0v) is 15.8. The minimum absolute atomic E-state index is 0.0658. The minimum atomic E-state index is -0.643. The first kappa shape index (κ1) is 19.5. The quantitative estimate of drug-likeness (QED) is 0.711. The first-order valence-electron chi connectivity index (χ1n) is 9.19. The van der Waals surface area contributed by atoms with Gasteiger partial charge in [-0.15, -0.1) is 0 Å². The highest BCUT2D eigenvalue weighted by Crippen LogP contribution is 2.28. The fourth-order valence-corrected chi connectivity index (χ4v) is 2.96. The van der Waals surface area contributed by atoms with E-state index in [4.69, 9.17) is 4.74 Å². The molecule has 2 atom stereocenters. The normalized spacial score (nSPS) is 21.6. The maximum absolute atomic E-state index is 12.9. The number of carbonyl (C=O) groups is 3. The van der Waals surface area contributed by atoms with E-state index in [2.05, 4.69) is 10.6 Å². The summed E-state index contributed by atoms with van der Waals surface area (Å²) in [5.74, 6) is -0.0269. The van der Waals surface area contributed by atoms with Crippen molar-refractivity contribution in [2.45, 2.75) is 65.5 Å². The van der Waals surface area contributed by atoms with Gasteiger partial charge in [0.15, 0.2) is 0 Å². The van der Waals surface area contributed by atoms with Crippen molar-refractivity contribution < 1.29 is 19.1 Å². The molecule has 142 valence electrons. The molecule has 2 aliphatic rings. The number of likely N-dealkylation sites (tertiary alicyclic amines) is 1. The molecule has 2 N–H and O–H groups in total. The summed E-state index contributed by atoms with van der Waals surface area (Å²) >= 11 is 0. The Kier molecular flexibility index (Phi) is 6.30. The number of nitrogens with one attached hydrogen (secondary N) is 2.